The molecular weight excluding hydrogens is 384 g/mol. The van der Waals surface area contributed by atoms with Gasteiger partial charge in [-0.3, -0.25) is 14.9 Å². The molecule has 0 N–H and O–H groups in total. The summed E-state index contributed by atoms with van der Waals surface area (Å²) in [4.78, 5) is 24.8. The molecule has 4 rings (SSSR count). The van der Waals surface area contributed by atoms with Crippen molar-refractivity contribution in [1.29, 1.82) is 0 Å². The number of nitrogens with zero attached hydrogens (tertiary/aromatic N) is 2. The van der Waals surface area contributed by atoms with Crippen LogP contribution in [0.25, 0.3) is 0 Å². The number of likely N-dealkylation sites (tertiary alicyclic amines) is 1. The number of benzene rings is 2. The normalized spacial score (nSPS) is 19.3. The van der Waals surface area contributed by atoms with Gasteiger partial charge < -0.3 is 14.4 Å². The Labute approximate surface area is 175 Å². The van der Waals surface area contributed by atoms with Crippen LogP contribution in [0.2, 0.25) is 0 Å². The number of ether oxygens (including phenoxy) is 2. The van der Waals surface area contributed by atoms with E-state index in [1.807, 2.05) is 23.1 Å². The van der Waals surface area contributed by atoms with Crippen LogP contribution >= 0.6 is 0 Å². The maximum absolute atomic E-state index is 12.6. The average molecular weight is 410 g/mol. The van der Waals surface area contributed by atoms with Crippen LogP contribution in [0.15, 0.2) is 42.5 Å². The fourth-order valence-electron chi connectivity index (χ4n) is 4.32. The van der Waals surface area contributed by atoms with Crippen LogP contribution in [0.3, 0.4) is 0 Å². The fraction of sp³-hybridized carbons (Fsp3) is 0.435. The summed E-state index contributed by atoms with van der Waals surface area (Å²) in [5.74, 6) is 1.65. The van der Waals surface area contributed by atoms with Crippen LogP contribution in [0.4, 0.5) is 5.69 Å². The Morgan fingerprint density at radius 1 is 1.10 bits per heavy atom. The van der Waals surface area contributed by atoms with Crippen LogP contribution < -0.4 is 9.47 Å². The van der Waals surface area contributed by atoms with E-state index in [-0.39, 0.29) is 23.6 Å². The molecule has 30 heavy (non-hydrogen) atoms. The van der Waals surface area contributed by atoms with E-state index in [1.165, 1.54) is 25.0 Å². The lowest BCUT2D eigenvalue weighted by molar-refractivity contribution is -0.384. The van der Waals surface area contributed by atoms with Gasteiger partial charge in [0.15, 0.2) is 11.5 Å². The van der Waals surface area contributed by atoms with Crippen LogP contribution in [0, 0.1) is 10.1 Å². The minimum Gasteiger partial charge on any atom is -0.493 e. The van der Waals surface area contributed by atoms with Crippen molar-refractivity contribution in [3.8, 4) is 11.5 Å². The zero-order chi connectivity index (χ0) is 21.1. The van der Waals surface area contributed by atoms with E-state index in [2.05, 4.69) is 0 Å². The molecule has 2 aliphatic rings. The first-order valence-corrected chi connectivity index (χ1v) is 10.4. The molecule has 1 atom stereocenters. The maximum atomic E-state index is 12.6. The van der Waals surface area contributed by atoms with Crippen molar-refractivity contribution in [3.05, 3.63) is 63.7 Å². The highest BCUT2D eigenvalue weighted by atomic mass is 16.6. The van der Waals surface area contributed by atoms with Crippen molar-refractivity contribution >= 4 is 11.6 Å². The van der Waals surface area contributed by atoms with Crippen LogP contribution in [-0.2, 0) is 11.3 Å². The van der Waals surface area contributed by atoms with Crippen molar-refractivity contribution in [2.24, 2.45) is 0 Å². The van der Waals surface area contributed by atoms with Crippen molar-refractivity contribution < 1.29 is 19.2 Å². The van der Waals surface area contributed by atoms with Gasteiger partial charge in [-0.15, -0.1) is 0 Å². The van der Waals surface area contributed by atoms with Gasteiger partial charge in [0, 0.05) is 37.6 Å². The second kappa shape index (κ2) is 8.73. The molecule has 0 radical (unpaired) electrons. The number of carbonyl (C=O) groups excluding carboxylic acids is 1. The van der Waals surface area contributed by atoms with Crippen molar-refractivity contribution in [1.82, 2.24) is 4.90 Å². The predicted octanol–water partition coefficient (Wildman–Crippen LogP) is 4.44. The van der Waals surface area contributed by atoms with Gasteiger partial charge in [0.2, 0.25) is 5.91 Å². The van der Waals surface area contributed by atoms with E-state index in [4.69, 9.17) is 9.47 Å². The lowest BCUT2D eigenvalue weighted by Crippen LogP contribution is -2.24. The number of carbonyl (C=O) groups is 1. The molecule has 0 unspecified atom stereocenters. The highest BCUT2D eigenvalue weighted by Crippen LogP contribution is 2.37. The molecule has 1 aliphatic heterocycles. The lowest BCUT2D eigenvalue weighted by atomic mass is 9.98. The van der Waals surface area contributed by atoms with Gasteiger partial charge in [-0.25, -0.2) is 0 Å². The molecule has 1 saturated heterocycles. The Hall–Kier alpha value is -3.09. The van der Waals surface area contributed by atoms with Gasteiger partial charge in [0.25, 0.3) is 5.69 Å². The number of rotatable bonds is 7. The zero-order valence-corrected chi connectivity index (χ0v) is 17.1. The Morgan fingerprint density at radius 3 is 2.50 bits per heavy atom. The summed E-state index contributed by atoms with van der Waals surface area (Å²) in [5, 5.41) is 10.8. The molecule has 1 saturated carbocycles. The number of nitro groups is 1. The maximum Gasteiger partial charge on any atom is 0.269 e. The molecule has 0 bridgehead atoms. The van der Waals surface area contributed by atoms with Gasteiger partial charge in [0.05, 0.1) is 18.1 Å². The molecule has 2 aromatic carbocycles. The summed E-state index contributed by atoms with van der Waals surface area (Å²) in [7, 11) is 1.64. The number of methoxy groups -OCH3 is 1. The van der Waals surface area contributed by atoms with Crippen LogP contribution in [0.5, 0.6) is 11.5 Å². The molecule has 7 nitrogen and oxygen atoms in total. The minimum absolute atomic E-state index is 0.0531. The smallest absolute Gasteiger partial charge is 0.269 e. The minimum atomic E-state index is -0.421. The molecule has 1 amide bonds. The Balaban J connectivity index is 1.45. The topological polar surface area (TPSA) is 81.9 Å². The third-order valence-corrected chi connectivity index (χ3v) is 5.99. The standard InChI is InChI=1S/C23H26N2O5/c1-29-21-11-8-17(12-22(21)30-20-4-2-3-5-20)18-13-23(26)24(15-18)14-16-6-9-19(10-7-16)25(27)28/h6-12,18,20H,2-5,13-15H2,1H3/t18-/m1/s1. The third kappa shape index (κ3) is 4.40. The monoisotopic (exact) mass is 410 g/mol. The highest BCUT2D eigenvalue weighted by molar-refractivity contribution is 5.79. The number of nitro benzene ring substituents is 1. The first-order chi connectivity index (χ1) is 14.5. The van der Waals surface area contributed by atoms with Crippen LogP contribution in [0.1, 0.15) is 49.1 Å². The molecule has 0 aromatic heterocycles. The summed E-state index contributed by atoms with van der Waals surface area (Å²) in [6, 6.07) is 12.3. The van der Waals surface area contributed by atoms with Crippen molar-refractivity contribution in [3.63, 3.8) is 0 Å². The van der Waals surface area contributed by atoms with Gasteiger partial charge >= 0.3 is 0 Å². The quantitative estimate of drug-likeness (QED) is 0.498. The zero-order valence-electron chi connectivity index (χ0n) is 17.1. The van der Waals surface area contributed by atoms with E-state index in [0.717, 1.165) is 35.5 Å². The van der Waals surface area contributed by atoms with Crippen molar-refractivity contribution in [2.75, 3.05) is 13.7 Å². The predicted molar refractivity (Wildman–Crippen MR) is 112 cm³/mol. The first kappa shape index (κ1) is 20.2. The van der Waals surface area contributed by atoms with E-state index < -0.39 is 4.92 Å². The van der Waals surface area contributed by atoms with E-state index in [9.17, 15) is 14.9 Å². The average Bonchev–Trinajstić information content (AvgIpc) is 3.38. The van der Waals surface area contributed by atoms with Crippen LogP contribution in [-0.4, -0.2) is 35.5 Å². The number of amides is 1. The van der Waals surface area contributed by atoms with Gasteiger partial charge in [-0.2, -0.15) is 0 Å². The molecule has 1 heterocycles. The van der Waals surface area contributed by atoms with Gasteiger partial charge in [-0.1, -0.05) is 18.2 Å². The second-order valence-corrected chi connectivity index (χ2v) is 8.03. The fourth-order valence-corrected chi connectivity index (χ4v) is 4.32. The molecule has 158 valence electrons. The number of hydrogen-bond acceptors (Lipinski definition) is 5. The second-order valence-electron chi connectivity index (χ2n) is 8.03. The van der Waals surface area contributed by atoms with Gasteiger partial charge in [0.1, 0.15) is 0 Å². The molecule has 2 fully saturated rings. The van der Waals surface area contributed by atoms with E-state index in [1.54, 1.807) is 19.2 Å². The number of non-ortho nitro benzene ring substituents is 1. The first-order valence-electron chi connectivity index (χ1n) is 10.4. The largest absolute Gasteiger partial charge is 0.493 e. The summed E-state index contributed by atoms with van der Waals surface area (Å²) in [5.41, 5.74) is 2.01. The summed E-state index contributed by atoms with van der Waals surface area (Å²) >= 11 is 0. The molecule has 0 spiro atoms. The SMILES string of the molecule is COc1ccc([C@@H]2CC(=O)N(Cc3ccc([N+](=O)[O-])cc3)C2)cc1OC1CCCC1. The Bertz CT molecular complexity index is 922. The van der Waals surface area contributed by atoms with E-state index >= 15 is 0 Å². The Morgan fingerprint density at radius 2 is 1.83 bits per heavy atom. The Kier molecular flexibility index (Phi) is 5.88. The summed E-state index contributed by atoms with van der Waals surface area (Å²) in [6.07, 6.45) is 5.21. The third-order valence-electron chi connectivity index (χ3n) is 5.99. The lowest BCUT2D eigenvalue weighted by Gasteiger charge is -2.19. The van der Waals surface area contributed by atoms with Gasteiger partial charge in [-0.05, 0) is 48.9 Å². The molecule has 7 heteroatoms. The molecule has 1 aliphatic carbocycles. The molecule has 2 aromatic rings. The molecular formula is C23H26N2O5. The van der Waals surface area contributed by atoms with E-state index in [0.29, 0.717) is 19.5 Å². The highest BCUT2D eigenvalue weighted by Gasteiger charge is 2.31. The van der Waals surface area contributed by atoms with Crippen molar-refractivity contribution in [2.45, 2.75) is 50.7 Å². The summed E-state index contributed by atoms with van der Waals surface area (Å²) in [6.45, 7) is 1.07. The summed E-state index contributed by atoms with van der Waals surface area (Å²) < 4.78 is 11.7. The number of hydrogen-bond donors (Lipinski definition) is 0.